The number of hydrogen-bond donors (Lipinski definition) is 3. The van der Waals surface area contributed by atoms with Crippen LogP contribution in [0.4, 0.5) is 0 Å². The van der Waals surface area contributed by atoms with Crippen molar-refractivity contribution in [1.82, 2.24) is 0 Å². The van der Waals surface area contributed by atoms with Crippen LogP contribution >= 0.6 is 0 Å². The van der Waals surface area contributed by atoms with Gasteiger partial charge in [0.15, 0.2) is 11.5 Å². The fourth-order valence-electron chi connectivity index (χ4n) is 5.77. The van der Waals surface area contributed by atoms with Crippen molar-refractivity contribution in [3.63, 3.8) is 0 Å². The van der Waals surface area contributed by atoms with Crippen LogP contribution in [0.1, 0.15) is 63.0 Å². The number of aliphatic hydroxyl groups is 1. The van der Waals surface area contributed by atoms with Crippen LogP contribution in [0.25, 0.3) is 0 Å². The van der Waals surface area contributed by atoms with Gasteiger partial charge in [0.1, 0.15) is 0 Å². The Morgan fingerprint density at radius 2 is 2.08 bits per heavy atom. The van der Waals surface area contributed by atoms with Crippen molar-refractivity contribution in [3.8, 4) is 11.5 Å². The first-order chi connectivity index (χ1) is 12.0. The minimum atomic E-state index is -0.229. The number of hydrogen-bond acceptors (Lipinski definition) is 5. The van der Waals surface area contributed by atoms with Crippen LogP contribution in [-0.2, 0) is 0 Å². The van der Waals surface area contributed by atoms with Gasteiger partial charge >= 0.3 is 0 Å². The van der Waals surface area contributed by atoms with Crippen molar-refractivity contribution >= 4 is 5.71 Å². The highest BCUT2D eigenvalue weighted by Gasteiger charge is 2.55. The molecule has 4 rings (SSSR count). The summed E-state index contributed by atoms with van der Waals surface area (Å²) in [5, 5.41) is 33.9. The molecular formula is C20H27NO4. The van der Waals surface area contributed by atoms with Gasteiger partial charge in [-0.15, -0.1) is 0 Å². The standard InChI is InChI=1S/C20H27NO4/c1-3-25-18-10-12-11-6-7-20(2)15(4-5-19(20)23)13(11)8-16(21-24)14(12)9-17(18)22/h9-11,13,15,19,22-24H,3-8H2,1-2H3/b21-16+/t11?,13?,15?,19-,20-/m0/s1. The van der Waals surface area contributed by atoms with Crippen molar-refractivity contribution in [2.75, 3.05) is 6.61 Å². The Morgan fingerprint density at radius 3 is 2.80 bits per heavy atom. The Morgan fingerprint density at radius 1 is 1.28 bits per heavy atom. The molecule has 0 bridgehead atoms. The maximum Gasteiger partial charge on any atom is 0.161 e. The molecule has 1 aromatic rings. The van der Waals surface area contributed by atoms with Crippen molar-refractivity contribution in [3.05, 3.63) is 23.3 Å². The fourth-order valence-corrected chi connectivity index (χ4v) is 5.77. The lowest BCUT2D eigenvalue weighted by Crippen LogP contribution is -2.45. The first-order valence-electron chi connectivity index (χ1n) is 9.38. The molecule has 3 unspecified atom stereocenters. The Bertz CT molecular complexity index is 716. The summed E-state index contributed by atoms with van der Waals surface area (Å²) in [6.07, 6.45) is 4.39. The second kappa shape index (κ2) is 5.90. The van der Waals surface area contributed by atoms with Crippen LogP contribution in [0.3, 0.4) is 0 Å². The van der Waals surface area contributed by atoms with Crippen molar-refractivity contribution in [1.29, 1.82) is 0 Å². The van der Waals surface area contributed by atoms with E-state index in [1.165, 1.54) is 0 Å². The first-order valence-corrected chi connectivity index (χ1v) is 9.38. The number of fused-ring (bicyclic) bond motifs is 5. The predicted molar refractivity (Wildman–Crippen MR) is 94.5 cm³/mol. The van der Waals surface area contributed by atoms with E-state index in [1.54, 1.807) is 6.07 Å². The summed E-state index contributed by atoms with van der Waals surface area (Å²) in [6.45, 7) is 4.61. The predicted octanol–water partition coefficient (Wildman–Crippen LogP) is 3.64. The molecule has 3 aliphatic rings. The van der Waals surface area contributed by atoms with Crippen molar-refractivity contribution in [2.24, 2.45) is 22.4 Å². The molecule has 0 aliphatic heterocycles. The van der Waals surface area contributed by atoms with E-state index in [0.29, 0.717) is 42.2 Å². The van der Waals surface area contributed by atoms with Gasteiger partial charge in [-0.25, -0.2) is 0 Å². The maximum absolute atomic E-state index is 10.5. The molecule has 3 N–H and O–H groups in total. The molecule has 25 heavy (non-hydrogen) atoms. The number of oxime groups is 1. The van der Waals surface area contributed by atoms with E-state index in [-0.39, 0.29) is 17.3 Å². The number of aromatic hydroxyl groups is 1. The molecule has 0 spiro atoms. The number of nitrogens with zero attached hydrogens (tertiary/aromatic N) is 1. The van der Waals surface area contributed by atoms with Crippen molar-refractivity contribution in [2.45, 2.75) is 58.0 Å². The second-order valence-electron chi connectivity index (χ2n) is 8.11. The smallest absolute Gasteiger partial charge is 0.161 e. The first kappa shape index (κ1) is 16.7. The van der Waals surface area contributed by atoms with Crippen LogP contribution in [0.2, 0.25) is 0 Å². The Balaban J connectivity index is 1.79. The van der Waals surface area contributed by atoms with Gasteiger partial charge in [0.2, 0.25) is 0 Å². The molecular weight excluding hydrogens is 318 g/mol. The normalized spacial score (nSPS) is 38.1. The molecule has 5 nitrogen and oxygen atoms in total. The zero-order valence-electron chi connectivity index (χ0n) is 14.9. The molecule has 0 saturated heterocycles. The van der Waals surface area contributed by atoms with Crippen LogP contribution in [0, 0.1) is 17.3 Å². The van der Waals surface area contributed by atoms with Gasteiger partial charge in [-0.1, -0.05) is 12.1 Å². The summed E-state index contributed by atoms with van der Waals surface area (Å²) in [5.74, 6) is 1.77. The van der Waals surface area contributed by atoms with E-state index < -0.39 is 0 Å². The van der Waals surface area contributed by atoms with E-state index in [1.807, 2.05) is 13.0 Å². The summed E-state index contributed by atoms with van der Waals surface area (Å²) in [5.41, 5.74) is 2.57. The molecule has 136 valence electrons. The van der Waals surface area contributed by atoms with Gasteiger partial charge in [0, 0.05) is 5.56 Å². The highest BCUT2D eigenvalue weighted by molar-refractivity contribution is 6.03. The quantitative estimate of drug-likeness (QED) is 0.564. The number of phenolic OH excluding ortho intramolecular Hbond substituents is 1. The third-order valence-electron chi connectivity index (χ3n) is 7.08. The number of rotatable bonds is 2. The molecule has 0 heterocycles. The van der Waals surface area contributed by atoms with Gasteiger partial charge < -0.3 is 20.2 Å². The lowest BCUT2D eigenvalue weighted by atomic mass is 9.55. The van der Waals surface area contributed by atoms with Gasteiger partial charge in [-0.3, -0.25) is 0 Å². The van der Waals surface area contributed by atoms with Gasteiger partial charge in [-0.05, 0) is 79.9 Å². The number of ether oxygens (including phenoxy) is 1. The van der Waals surface area contributed by atoms with Crippen molar-refractivity contribution < 1.29 is 20.2 Å². The fraction of sp³-hybridized carbons (Fsp3) is 0.650. The summed E-state index contributed by atoms with van der Waals surface area (Å²) >= 11 is 0. The molecule has 3 aliphatic carbocycles. The molecule has 0 aromatic heterocycles. The minimum Gasteiger partial charge on any atom is -0.504 e. The maximum atomic E-state index is 10.5. The molecule has 2 saturated carbocycles. The Kier molecular flexibility index (Phi) is 3.95. The lowest BCUT2D eigenvalue weighted by Gasteiger charge is -2.50. The summed E-state index contributed by atoms with van der Waals surface area (Å²) in [6, 6.07) is 3.62. The SMILES string of the molecule is CCOc1cc2c(cc1O)/C(=N/O)CC1C2CC[C@@]2(C)C1CC[C@@H]2O. The largest absolute Gasteiger partial charge is 0.504 e. The third-order valence-corrected chi connectivity index (χ3v) is 7.08. The van der Waals surface area contributed by atoms with Gasteiger partial charge in [0.05, 0.1) is 18.4 Å². The monoisotopic (exact) mass is 345 g/mol. The molecule has 5 heteroatoms. The summed E-state index contributed by atoms with van der Waals surface area (Å²) < 4.78 is 5.58. The highest BCUT2D eigenvalue weighted by atomic mass is 16.5. The Labute approximate surface area is 148 Å². The second-order valence-corrected chi connectivity index (χ2v) is 8.11. The molecule has 5 atom stereocenters. The minimum absolute atomic E-state index is 0.0289. The number of phenols is 1. The van der Waals surface area contributed by atoms with E-state index in [2.05, 4.69) is 12.1 Å². The Hall–Kier alpha value is -1.75. The third kappa shape index (κ3) is 2.35. The van der Waals surface area contributed by atoms with Crippen LogP contribution in [0.5, 0.6) is 11.5 Å². The molecule has 2 fully saturated rings. The molecule has 0 radical (unpaired) electrons. The number of aliphatic hydroxyl groups excluding tert-OH is 1. The van der Waals surface area contributed by atoms with Gasteiger partial charge in [-0.2, -0.15) is 0 Å². The highest BCUT2D eigenvalue weighted by Crippen LogP contribution is 2.61. The average molecular weight is 345 g/mol. The summed E-state index contributed by atoms with van der Waals surface area (Å²) in [7, 11) is 0. The summed E-state index contributed by atoms with van der Waals surface area (Å²) in [4.78, 5) is 0. The lowest BCUT2D eigenvalue weighted by molar-refractivity contribution is -0.0178. The van der Waals surface area contributed by atoms with Gasteiger partial charge in [0.25, 0.3) is 0 Å². The molecule has 1 aromatic carbocycles. The van der Waals surface area contributed by atoms with E-state index >= 15 is 0 Å². The van der Waals surface area contributed by atoms with E-state index in [0.717, 1.165) is 36.8 Å². The molecule has 0 amide bonds. The topological polar surface area (TPSA) is 82.3 Å². The zero-order chi connectivity index (χ0) is 17.8. The van der Waals surface area contributed by atoms with E-state index in [9.17, 15) is 15.4 Å². The van der Waals surface area contributed by atoms with Crippen LogP contribution in [-0.4, -0.2) is 33.8 Å². The number of benzene rings is 1. The van der Waals surface area contributed by atoms with Crippen LogP contribution < -0.4 is 4.74 Å². The van der Waals surface area contributed by atoms with Crippen LogP contribution in [0.15, 0.2) is 17.3 Å². The zero-order valence-corrected chi connectivity index (χ0v) is 14.9. The van der Waals surface area contributed by atoms with E-state index in [4.69, 9.17) is 4.74 Å². The average Bonchev–Trinajstić information content (AvgIpc) is 2.90.